The van der Waals surface area contributed by atoms with Crippen LogP contribution in [0.5, 0.6) is 0 Å². The second kappa shape index (κ2) is 12.2. The lowest BCUT2D eigenvalue weighted by Crippen LogP contribution is -2.49. The number of benzene rings is 2. The highest BCUT2D eigenvalue weighted by molar-refractivity contribution is 6.33. The van der Waals surface area contributed by atoms with E-state index in [0.29, 0.717) is 50.3 Å². The van der Waals surface area contributed by atoms with E-state index in [1.54, 1.807) is 0 Å². The van der Waals surface area contributed by atoms with Crippen molar-refractivity contribution in [3.8, 4) is 11.1 Å². The number of nitrogens with two attached hydrogens (primary N) is 1. The monoisotopic (exact) mass is 541 g/mol. The lowest BCUT2D eigenvalue weighted by atomic mass is 9.72. The van der Waals surface area contributed by atoms with Crippen molar-refractivity contribution in [1.82, 2.24) is 10.2 Å². The lowest BCUT2D eigenvalue weighted by Gasteiger charge is -2.44. The summed E-state index contributed by atoms with van der Waals surface area (Å²) < 4.78 is 0. The molecule has 38 heavy (non-hydrogen) atoms. The fourth-order valence-corrected chi connectivity index (χ4v) is 6.52. The number of halogens is 1. The van der Waals surface area contributed by atoms with Gasteiger partial charge in [0, 0.05) is 55.0 Å². The summed E-state index contributed by atoms with van der Waals surface area (Å²) in [5.41, 5.74) is 8.29. The Morgan fingerprint density at radius 3 is 2.66 bits per heavy atom. The van der Waals surface area contributed by atoms with Gasteiger partial charge < -0.3 is 26.2 Å². The number of piperidine rings is 1. The van der Waals surface area contributed by atoms with Crippen LogP contribution in [0.3, 0.4) is 0 Å². The number of likely N-dealkylation sites (tertiary alicyclic amines) is 1. The van der Waals surface area contributed by atoms with Gasteiger partial charge in [-0.3, -0.25) is 9.59 Å². The van der Waals surface area contributed by atoms with E-state index < -0.39 is 11.7 Å². The van der Waals surface area contributed by atoms with Crippen LogP contribution in [0.25, 0.3) is 11.1 Å². The van der Waals surface area contributed by atoms with Crippen LogP contribution in [0, 0.1) is 18.8 Å². The minimum Gasteiger partial charge on any atom is -0.391 e. The standard InChI is InChI=1S/C30H40ClN3O4/c1-19-7-3-8-21(15-19)28-24(10-4-11-25(28)31)30(38,12-6-13-33-20(2)35)23-9-5-14-34(18-23)29(37)22-16-26(32)27(36)17-22/h3-4,7-8,10-11,15,22-23,26-27,36,38H,5-6,9,12-14,16-18,32H2,1-2H3,(H,33,35)/t22-,23+,26+,27-,30-/m0/s1. The molecule has 0 radical (unpaired) electrons. The van der Waals surface area contributed by atoms with Gasteiger partial charge in [0.15, 0.2) is 0 Å². The Bertz CT molecular complexity index is 1150. The summed E-state index contributed by atoms with van der Waals surface area (Å²) >= 11 is 6.79. The van der Waals surface area contributed by atoms with Crippen molar-refractivity contribution in [2.45, 2.75) is 70.1 Å². The SMILES string of the molecule is CC(=O)NCCC[C@@](O)(c1cccc(Cl)c1-c1cccc(C)c1)[C@@H]1CCCN(C(=O)[C@H]2C[C@@H](N)[C@@H](O)C2)C1. The number of hydrogen-bond acceptors (Lipinski definition) is 5. The predicted molar refractivity (Wildman–Crippen MR) is 149 cm³/mol. The maximum atomic E-state index is 13.4. The molecule has 206 valence electrons. The molecule has 2 aromatic carbocycles. The number of aryl methyl sites for hydroxylation is 1. The van der Waals surface area contributed by atoms with Gasteiger partial charge >= 0.3 is 0 Å². The largest absolute Gasteiger partial charge is 0.391 e. The van der Waals surface area contributed by atoms with Crippen molar-refractivity contribution in [1.29, 1.82) is 0 Å². The van der Waals surface area contributed by atoms with E-state index in [9.17, 15) is 19.8 Å². The number of carbonyl (C=O) groups is 2. The molecule has 2 aromatic rings. The van der Waals surface area contributed by atoms with Gasteiger partial charge in [-0.15, -0.1) is 0 Å². The molecule has 5 atom stereocenters. The molecule has 2 aliphatic rings. The Morgan fingerprint density at radius 2 is 1.97 bits per heavy atom. The number of carbonyl (C=O) groups excluding carboxylic acids is 2. The third-order valence-electron chi connectivity index (χ3n) is 8.23. The summed E-state index contributed by atoms with van der Waals surface area (Å²) in [7, 11) is 0. The number of nitrogens with zero attached hydrogens (tertiary/aromatic N) is 1. The van der Waals surface area contributed by atoms with E-state index >= 15 is 0 Å². The van der Waals surface area contributed by atoms with Gasteiger partial charge in [-0.25, -0.2) is 0 Å². The highest BCUT2D eigenvalue weighted by Gasteiger charge is 2.44. The van der Waals surface area contributed by atoms with Crippen molar-refractivity contribution in [2.24, 2.45) is 17.6 Å². The molecule has 4 rings (SSSR count). The van der Waals surface area contributed by atoms with Gasteiger partial charge in [-0.05, 0) is 62.6 Å². The molecule has 0 aromatic heterocycles. The summed E-state index contributed by atoms with van der Waals surface area (Å²) in [4.78, 5) is 26.8. The van der Waals surface area contributed by atoms with Gasteiger partial charge in [-0.2, -0.15) is 0 Å². The first-order chi connectivity index (χ1) is 18.1. The second-order valence-electron chi connectivity index (χ2n) is 11.1. The number of aliphatic hydroxyl groups is 2. The highest BCUT2D eigenvalue weighted by atomic mass is 35.5. The van der Waals surface area contributed by atoms with Crippen LogP contribution in [0.15, 0.2) is 42.5 Å². The molecule has 2 fully saturated rings. The van der Waals surface area contributed by atoms with Crippen LogP contribution < -0.4 is 11.1 Å². The third kappa shape index (κ3) is 6.23. The molecule has 5 N–H and O–H groups in total. The van der Waals surface area contributed by atoms with E-state index in [-0.39, 0.29) is 29.7 Å². The Hall–Kier alpha value is -2.45. The van der Waals surface area contributed by atoms with Crippen LogP contribution in [-0.4, -0.2) is 58.7 Å². The van der Waals surface area contributed by atoms with E-state index in [0.717, 1.165) is 35.1 Å². The molecule has 0 spiro atoms. The average molecular weight is 542 g/mol. The Morgan fingerprint density at radius 1 is 1.21 bits per heavy atom. The van der Waals surface area contributed by atoms with Crippen molar-refractivity contribution in [3.63, 3.8) is 0 Å². The summed E-state index contributed by atoms with van der Waals surface area (Å²) in [6, 6.07) is 13.3. The number of rotatable bonds is 8. The Balaban J connectivity index is 1.68. The minimum atomic E-state index is -1.27. The zero-order chi connectivity index (χ0) is 27.4. The van der Waals surface area contributed by atoms with Gasteiger partial charge in [0.25, 0.3) is 0 Å². The predicted octanol–water partition coefficient (Wildman–Crippen LogP) is 3.76. The molecule has 7 nitrogen and oxygen atoms in total. The van der Waals surface area contributed by atoms with Gasteiger partial charge in [0.2, 0.25) is 11.8 Å². The average Bonchev–Trinajstić information content (AvgIpc) is 3.23. The fraction of sp³-hybridized carbons (Fsp3) is 0.533. The maximum Gasteiger partial charge on any atom is 0.225 e. The van der Waals surface area contributed by atoms with Crippen molar-refractivity contribution >= 4 is 23.4 Å². The van der Waals surface area contributed by atoms with Crippen molar-refractivity contribution in [2.75, 3.05) is 19.6 Å². The molecular weight excluding hydrogens is 502 g/mol. The van der Waals surface area contributed by atoms with Crippen molar-refractivity contribution in [3.05, 3.63) is 58.6 Å². The molecule has 1 heterocycles. The van der Waals surface area contributed by atoms with Crippen LogP contribution in [-0.2, 0) is 15.2 Å². The van der Waals surface area contributed by atoms with E-state index in [1.165, 1.54) is 6.92 Å². The fourth-order valence-electron chi connectivity index (χ4n) is 6.23. The van der Waals surface area contributed by atoms with Gasteiger partial charge in [-0.1, -0.05) is 53.6 Å². The zero-order valence-corrected chi connectivity index (χ0v) is 23.1. The normalized spacial score (nSPS) is 25.2. The van der Waals surface area contributed by atoms with E-state index in [1.807, 2.05) is 48.2 Å². The van der Waals surface area contributed by atoms with Crippen molar-refractivity contribution < 1.29 is 19.8 Å². The lowest BCUT2D eigenvalue weighted by molar-refractivity contribution is -0.141. The molecule has 0 unspecified atom stereocenters. The third-order valence-corrected chi connectivity index (χ3v) is 8.54. The maximum absolute atomic E-state index is 13.4. The van der Waals surface area contributed by atoms with E-state index in [2.05, 4.69) is 11.4 Å². The Labute approximate surface area is 230 Å². The molecule has 0 bridgehead atoms. The van der Waals surface area contributed by atoms with Crippen LogP contribution in [0.2, 0.25) is 5.02 Å². The number of nitrogens with one attached hydrogen (secondary N) is 1. The Kier molecular flexibility index (Phi) is 9.14. The molecule has 2 amide bonds. The highest BCUT2D eigenvalue weighted by Crippen LogP contribution is 2.46. The number of amides is 2. The smallest absolute Gasteiger partial charge is 0.225 e. The number of hydrogen-bond donors (Lipinski definition) is 4. The summed E-state index contributed by atoms with van der Waals surface area (Å²) in [5, 5.41) is 26.1. The van der Waals surface area contributed by atoms with Crippen LogP contribution >= 0.6 is 11.6 Å². The van der Waals surface area contributed by atoms with Gasteiger partial charge in [0.05, 0.1) is 11.7 Å². The van der Waals surface area contributed by atoms with Crippen LogP contribution in [0.4, 0.5) is 0 Å². The molecule has 1 aliphatic carbocycles. The van der Waals surface area contributed by atoms with E-state index in [4.69, 9.17) is 17.3 Å². The first-order valence-electron chi connectivity index (χ1n) is 13.7. The summed E-state index contributed by atoms with van der Waals surface area (Å²) in [5.74, 6) is -0.615. The summed E-state index contributed by atoms with van der Waals surface area (Å²) in [6.45, 7) is 4.99. The zero-order valence-electron chi connectivity index (χ0n) is 22.3. The first kappa shape index (κ1) is 28.6. The summed E-state index contributed by atoms with van der Waals surface area (Å²) in [6.07, 6.45) is 2.72. The molecule has 8 heteroatoms. The second-order valence-corrected chi connectivity index (χ2v) is 11.5. The topological polar surface area (TPSA) is 116 Å². The minimum absolute atomic E-state index is 0.00676. The van der Waals surface area contributed by atoms with Gasteiger partial charge in [0.1, 0.15) is 0 Å². The van der Waals surface area contributed by atoms with Crippen LogP contribution in [0.1, 0.15) is 56.6 Å². The first-order valence-corrected chi connectivity index (χ1v) is 14.0. The quantitative estimate of drug-likeness (QED) is 0.380. The molecular formula is C30H40ClN3O4. The molecule has 1 saturated carbocycles. The number of aliphatic hydroxyl groups excluding tert-OH is 1. The molecule has 1 aliphatic heterocycles. The molecule has 1 saturated heterocycles.